The molecule has 3 rings (SSSR count). The van der Waals surface area contributed by atoms with Crippen LogP contribution in [0.25, 0.3) is 10.9 Å². The topological polar surface area (TPSA) is 25.8 Å². The van der Waals surface area contributed by atoms with E-state index < -0.39 is 0 Å². The summed E-state index contributed by atoms with van der Waals surface area (Å²) in [7, 11) is 0. The molecule has 2 radical (unpaired) electrons. The smallest absolute Gasteiger partial charge is 0.0375 e. The van der Waals surface area contributed by atoms with E-state index >= 15 is 0 Å². The second-order valence-corrected chi connectivity index (χ2v) is 7.35. The van der Waals surface area contributed by atoms with Crippen LogP contribution in [0.3, 0.4) is 0 Å². The number of fused-ring (bicyclic) bond motifs is 1. The maximum atomic E-state index is 4.64. The van der Waals surface area contributed by atoms with Gasteiger partial charge in [-0.05, 0) is 24.9 Å². The van der Waals surface area contributed by atoms with Gasteiger partial charge in [0.1, 0.15) is 0 Å². The Morgan fingerprint density at radius 1 is 0.548 bits per heavy atom. The number of pyridine rings is 2. The average molecular weight is 570 g/mol. The molecule has 1 aromatic carbocycles. The van der Waals surface area contributed by atoms with Crippen LogP contribution in [-0.2, 0) is 65.4 Å². The first-order valence-electron chi connectivity index (χ1n) is 9.14. The van der Waals surface area contributed by atoms with E-state index in [4.69, 9.17) is 0 Å². The van der Waals surface area contributed by atoms with E-state index in [9.17, 15) is 0 Å². The number of nitrogens with zero attached hydrogens (tertiary/aromatic N) is 2. The standard InChI is InChI=1S/C15H18N.C9H12N.CH4.2CH3.2Y/c1-8-7-14-15(11(4)9(8)2)12(5)10(3)13(6)16-14;1-6-5-10-9(4)8(3)7(6)2;;;;;/h1-6H3;1-4H3;1H4;2*1H3;;/q2*-1;;2*-1;;. The van der Waals surface area contributed by atoms with Crippen molar-refractivity contribution in [3.8, 4) is 0 Å². The first kappa shape index (κ1) is 38.3. The number of hydrogen-bond donors (Lipinski definition) is 0. The number of rotatable bonds is 0. The molecule has 0 saturated heterocycles. The van der Waals surface area contributed by atoms with E-state index in [-0.39, 0.29) is 87.7 Å². The SMILES string of the molecule is C.Cc1[c-]c2nc(C)c(C)c(C)c2c(C)c1C.Cc1[c-]nc(C)c(C)c1C.[CH3-].[CH3-].[Y].[Y]. The first-order valence-corrected chi connectivity index (χ1v) is 9.14. The number of hydrogen-bond acceptors (Lipinski definition) is 2. The zero-order valence-corrected chi connectivity index (χ0v) is 26.7. The fraction of sp³-hybridized carbons (Fsp3) is 0.407. The molecular formula is C27H40N2Y2-4. The molecule has 2 aromatic heterocycles. The monoisotopic (exact) mass is 570 g/mol. The quantitative estimate of drug-likeness (QED) is 0.261. The second kappa shape index (κ2) is 15.8. The third-order valence-corrected chi connectivity index (χ3v) is 5.86. The van der Waals surface area contributed by atoms with Gasteiger partial charge in [0, 0.05) is 71.1 Å². The zero-order chi connectivity index (χ0) is 19.8. The van der Waals surface area contributed by atoms with Gasteiger partial charge in [-0.1, -0.05) is 80.3 Å². The molecule has 168 valence electrons. The van der Waals surface area contributed by atoms with Crippen LogP contribution in [0.5, 0.6) is 0 Å². The Balaban J connectivity index is -0.000000217. The average Bonchev–Trinajstić information content (AvgIpc) is 2.60. The van der Waals surface area contributed by atoms with E-state index in [2.05, 4.69) is 77.6 Å². The predicted octanol–water partition coefficient (Wildman–Crippen LogP) is 7.53. The van der Waals surface area contributed by atoms with Crippen LogP contribution in [0.15, 0.2) is 0 Å². The van der Waals surface area contributed by atoms with Gasteiger partial charge in [-0.3, -0.25) is 4.98 Å². The van der Waals surface area contributed by atoms with Crippen molar-refractivity contribution in [1.29, 1.82) is 0 Å². The Bertz CT molecular complexity index is 917. The number of aromatic nitrogens is 2. The third kappa shape index (κ3) is 8.37. The van der Waals surface area contributed by atoms with Gasteiger partial charge in [0.25, 0.3) is 0 Å². The van der Waals surface area contributed by atoms with Crippen LogP contribution < -0.4 is 0 Å². The fourth-order valence-corrected chi connectivity index (χ4v) is 3.12. The normalized spacial score (nSPS) is 8.97. The Hall–Kier alpha value is -0.0122. The van der Waals surface area contributed by atoms with E-state index in [0.717, 1.165) is 22.5 Å². The summed E-state index contributed by atoms with van der Waals surface area (Å²) < 4.78 is 0. The van der Waals surface area contributed by atoms with Gasteiger partial charge in [-0.25, -0.2) is 0 Å². The molecular weight excluding hydrogens is 530 g/mol. The van der Waals surface area contributed by atoms with Gasteiger partial charge < -0.3 is 19.8 Å². The van der Waals surface area contributed by atoms with E-state index in [0.29, 0.717) is 0 Å². The molecule has 4 heteroatoms. The minimum atomic E-state index is 0. The molecule has 0 aliphatic heterocycles. The van der Waals surface area contributed by atoms with Crippen LogP contribution in [0, 0.1) is 96.4 Å². The molecule has 0 unspecified atom stereocenters. The van der Waals surface area contributed by atoms with Crippen molar-refractivity contribution < 1.29 is 65.4 Å². The zero-order valence-electron chi connectivity index (χ0n) is 21.0. The molecule has 31 heavy (non-hydrogen) atoms. The summed E-state index contributed by atoms with van der Waals surface area (Å²) in [4.78, 5) is 8.76. The second-order valence-electron chi connectivity index (χ2n) is 7.35. The maximum Gasteiger partial charge on any atom is 0.0375 e. The van der Waals surface area contributed by atoms with Gasteiger partial charge in [-0.2, -0.15) is 22.8 Å². The minimum Gasteiger partial charge on any atom is -0.391 e. The van der Waals surface area contributed by atoms with Crippen molar-refractivity contribution in [3.63, 3.8) is 0 Å². The molecule has 0 amide bonds. The van der Waals surface area contributed by atoms with Crippen LogP contribution in [0.1, 0.15) is 63.3 Å². The largest absolute Gasteiger partial charge is 0.391 e. The third-order valence-electron chi connectivity index (χ3n) is 5.86. The molecule has 0 atom stereocenters. The predicted molar refractivity (Wildman–Crippen MR) is 131 cm³/mol. The van der Waals surface area contributed by atoms with E-state index in [1.54, 1.807) is 0 Å². The first-order chi connectivity index (χ1) is 12.1. The van der Waals surface area contributed by atoms with Gasteiger partial charge in [0.05, 0.1) is 0 Å². The van der Waals surface area contributed by atoms with Gasteiger partial charge >= 0.3 is 0 Å². The van der Waals surface area contributed by atoms with Crippen LogP contribution in [0.4, 0.5) is 0 Å². The van der Waals surface area contributed by atoms with Crippen LogP contribution in [0.2, 0.25) is 0 Å². The molecule has 0 fully saturated rings. The summed E-state index contributed by atoms with van der Waals surface area (Å²) in [6.45, 7) is 21.1. The molecule has 0 saturated carbocycles. The molecule has 0 spiro atoms. The summed E-state index contributed by atoms with van der Waals surface area (Å²) in [6, 6.07) is 3.40. The van der Waals surface area contributed by atoms with Crippen molar-refractivity contribution >= 4 is 10.9 Å². The summed E-state index contributed by atoms with van der Waals surface area (Å²) in [6.07, 6.45) is 2.96. The van der Waals surface area contributed by atoms with Crippen molar-refractivity contribution in [1.82, 2.24) is 9.97 Å². The summed E-state index contributed by atoms with van der Waals surface area (Å²) in [5, 5.41) is 1.28. The van der Waals surface area contributed by atoms with E-state index in [1.807, 2.05) is 13.8 Å². The molecule has 2 nitrogen and oxygen atoms in total. The Kier molecular flexibility index (Phi) is 19.4. The van der Waals surface area contributed by atoms with Crippen molar-refractivity contribution in [2.24, 2.45) is 0 Å². The van der Waals surface area contributed by atoms with Crippen LogP contribution in [-0.4, -0.2) is 9.97 Å². The molecule has 2 heterocycles. The fourth-order valence-electron chi connectivity index (χ4n) is 3.12. The van der Waals surface area contributed by atoms with E-state index in [1.165, 1.54) is 44.3 Å². The van der Waals surface area contributed by atoms with Crippen molar-refractivity contribution in [2.75, 3.05) is 0 Å². The summed E-state index contributed by atoms with van der Waals surface area (Å²) in [5.41, 5.74) is 13.5. The Labute approximate surface area is 243 Å². The Morgan fingerprint density at radius 2 is 0.968 bits per heavy atom. The molecule has 0 bridgehead atoms. The minimum absolute atomic E-state index is 0. The van der Waals surface area contributed by atoms with Crippen molar-refractivity contribution in [3.05, 3.63) is 83.0 Å². The van der Waals surface area contributed by atoms with Gasteiger partial charge in [0.15, 0.2) is 0 Å². The Morgan fingerprint density at radius 3 is 1.45 bits per heavy atom. The molecule has 0 aliphatic rings. The molecule has 0 N–H and O–H groups in total. The summed E-state index contributed by atoms with van der Waals surface area (Å²) >= 11 is 0. The molecule has 3 aromatic rings. The summed E-state index contributed by atoms with van der Waals surface area (Å²) in [5.74, 6) is 0. The van der Waals surface area contributed by atoms with Gasteiger partial charge in [-0.15, -0.1) is 22.1 Å². The molecule has 0 aliphatic carbocycles. The van der Waals surface area contributed by atoms with Crippen LogP contribution >= 0.6 is 0 Å². The maximum absolute atomic E-state index is 4.64. The van der Waals surface area contributed by atoms with Crippen molar-refractivity contribution in [2.45, 2.75) is 76.7 Å². The van der Waals surface area contributed by atoms with Gasteiger partial charge in [0.2, 0.25) is 0 Å². The number of aryl methyl sites for hydroxylation is 6. The number of benzene rings is 1.